The largest absolute Gasteiger partial charge is 0.466 e. The van der Waals surface area contributed by atoms with Crippen molar-refractivity contribution in [2.45, 2.75) is 26.7 Å². The normalized spacial score (nSPS) is 18.5. The van der Waals surface area contributed by atoms with Gasteiger partial charge in [-0.1, -0.05) is 12.1 Å². The Bertz CT molecular complexity index is 1270. The molecule has 1 atom stereocenters. The van der Waals surface area contributed by atoms with Gasteiger partial charge in [0.15, 0.2) is 0 Å². The van der Waals surface area contributed by atoms with Crippen LogP contribution in [-0.4, -0.2) is 72.6 Å². The van der Waals surface area contributed by atoms with Crippen molar-refractivity contribution in [3.63, 3.8) is 0 Å². The first-order valence-corrected chi connectivity index (χ1v) is 13.2. The molecule has 0 saturated carbocycles. The van der Waals surface area contributed by atoms with Gasteiger partial charge in [0.2, 0.25) is 0 Å². The number of benzene rings is 1. The third kappa shape index (κ3) is 4.61. The van der Waals surface area contributed by atoms with E-state index in [0.29, 0.717) is 56.4 Å². The van der Waals surface area contributed by atoms with Gasteiger partial charge < -0.3 is 19.4 Å². The van der Waals surface area contributed by atoms with Crippen LogP contribution in [0.2, 0.25) is 0 Å². The Morgan fingerprint density at radius 1 is 1.11 bits per heavy atom. The average molecular weight is 512 g/mol. The molecule has 0 radical (unpaired) electrons. The fourth-order valence-corrected chi connectivity index (χ4v) is 6.23. The maximum Gasteiger partial charge on any atom is 0.310 e. The molecule has 2 aliphatic heterocycles. The number of nitrogens with zero attached hydrogens (tertiary/aromatic N) is 5. The van der Waals surface area contributed by atoms with Crippen molar-refractivity contribution < 1.29 is 18.7 Å². The Hall–Kier alpha value is -3.27. The Balaban J connectivity index is 1.36. The van der Waals surface area contributed by atoms with Gasteiger partial charge in [-0.05, 0) is 44.4 Å². The summed E-state index contributed by atoms with van der Waals surface area (Å²) in [6, 6.07) is 6.84. The van der Waals surface area contributed by atoms with Crippen LogP contribution in [0.5, 0.6) is 0 Å². The van der Waals surface area contributed by atoms with E-state index < -0.39 is 0 Å². The number of carbonyl (C=O) groups is 2. The van der Waals surface area contributed by atoms with Gasteiger partial charge in [-0.2, -0.15) is 0 Å². The van der Waals surface area contributed by atoms with Crippen LogP contribution >= 0.6 is 11.3 Å². The molecular formula is C26H30FN5O3S. The van der Waals surface area contributed by atoms with Crippen molar-refractivity contribution in [1.29, 1.82) is 0 Å². The minimum atomic E-state index is -0.279. The molecule has 0 spiro atoms. The van der Waals surface area contributed by atoms with Crippen LogP contribution in [0.25, 0.3) is 10.2 Å². The zero-order valence-electron chi connectivity index (χ0n) is 20.6. The van der Waals surface area contributed by atoms with Gasteiger partial charge in [-0.3, -0.25) is 9.59 Å². The second-order valence-electron chi connectivity index (χ2n) is 9.20. The Kier molecular flexibility index (Phi) is 7.04. The number of likely N-dealkylation sites (tertiary alicyclic amines) is 1. The Morgan fingerprint density at radius 2 is 1.86 bits per heavy atom. The summed E-state index contributed by atoms with van der Waals surface area (Å²) >= 11 is 1.38. The number of ether oxygens (including phenoxy) is 1. The molecule has 5 rings (SSSR count). The first-order chi connectivity index (χ1) is 17.5. The minimum Gasteiger partial charge on any atom is -0.466 e. The number of aryl methyl sites for hydroxylation is 1. The molecular weight excluding hydrogens is 481 g/mol. The second kappa shape index (κ2) is 10.4. The number of anilines is 2. The zero-order chi connectivity index (χ0) is 25.2. The van der Waals surface area contributed by atoms with E-state index in [1.165, 1.54) is 17.4 Å². The van der Waals surface area contributed by atoms with Crippen LogP contribution in [-0.2, 0) is 9.53 Å². The van der Waals surface area contributed by atoms with E-state index >= 15 is 0 Å². The third-order valence-corrected chi connectivity index (χ3v) is 8.19. The fourth-order valence-electron chi connectivity index (χ4n) is 5.12. The Labute approximate surface area is 213 Å². The highest BCUT2D eigenvalue weighted by atomic mass is 32.1. The molecule has 3 aromatic rings. The highest BCUT2D eigenvalue weighted by Gasteiger charge is 2.32. The van der Waals surface area contributed by atoms with Crippen molar-refractivity contribution >= 4 is 44.9 Å². The average Bonchev–Trinajstić information content (AvgIpc) is 3.25. The lowest BCUT2D eigenvalue weighted by atomic mass is 9.98. The van der Waals surface area contributed by atoms with Gasteiger partial charge in [0.05, 0.1) is 28.5 Å². The van der Waals surface area contributed by atoms with E-state index in [2.05, 4.69) is 19.8 Å². The van der Waals surface area contributed by atoms with Crippen LogP contribution in [0, 0.1) is 18.7 Å². The van der Waals surface area contributed by atoms with Gasteiger partial charge >= 0.3 is 5.97 Å². The van der Waals surface area contributed by atoms with Gasteiger partial charge in [0.1, 0.15) is 22.8 Å². The van der Waals surface area contributed by atoms with Gasteiger partial charge in [-0.25, -0.2) is 14.4 Å². The predicted molar refractivity (Wildman–Crippen MR) is 138 cm³/mol. The fraction of sp³-hybridized carbons (Fsp3) is 0.462. The van der Waals surface area contributed by atoms with Crippen LogP contribution in [0.1, 0.15) is 35.0 Å². The molecule has 8 nitrogen and oxygen atoms in total. The molecule has 0 aliphatic carbocycles. The summed E-state index contributed by atoms with van der Waals surface area (Å²) in [5.74, 6) is 0.0168. The molecule has 10 heteroatoms. The van der Waals surface area contributed by atoms with E-state index in [-0.39, 0.29) is 23.6 Å². The highest BCUT2D eigenvalue weighted by molar-refractivity contribution is 7.20. The number of thiophene rings is 1. The number of hydrogen-bond donors (Lipinski definition) is 0. The summed E-state index contributed by atoms with van der Waals surface area (Å²) < 4.78 is 19.4. The monoisotopic (exact) mass is 511 g/mol. The van der Waals surface area contributed by atoms with E-state index in [1.807, 2.05) is 19.1 Å². The number of aromatic nitrogens is 2. The Morgan fingerprint density at radius 3 is 2.61 bits per heavy atom. The number of carbonyl (C=O) groups excluding carboxylic acids is 2. The summed E-state index contributed by atoms with van der Waals surface area (Å²) in [5.41, 5.74) is 1.48. The van der Waals surface area contributed by atoms with E-state index in [4.69, 9.17) is 4.74 Å². The van der Waals surface area contributed by atoms with Crippen LogP contribution in [0.3, 0.4) is 0 Å². The summed E-state index contributed by atoms with van der Waals surface area (Å²) in [5, 5.41) is 0.893. The molecule has 36 heavy (non-hydrogen) atoms. The van der Waals surface area contributed by atoms with E-state index in [0.717, 1.165) is 34.4 Å². The first kappa shape index (κ1) is 24.4. The van der Waals surface area contributed by atoms with E-state index in [9.17, 15) is 14.0 Å². The number of hydrogen-bond acceptors (Lipinski definition) is 8. The number of rotatable bonds is 5. The maximum atomic E-state index is 14.3. The third-order valence-electron chi connectivity index (χ3n) is 7.00. The van der Waals surface area contributed by atoms with Gasteiger partial charge in [0.25, 0.3) is 5.91 Å². The number of piperazine rings is 1. The number of piperidine rings is 1. The quantitative estimate of drug-likeness (QED) is 0.481. The molecule has 2 fully saturated rings. The number of esters is 1. The van der Waals surface area contributed by atoms with E-state index in [1.54, 1.807) is 24.2 Å². The summed E-state index contributed by atoms with van der Waals surface area (Å²) in [6.45, 7) is 7.80. The molecule has 2 saturated heterocycles. The molecule has 0 unspecified atom stereocenters. The topological polar surface area (TPSA) is 78.9 Å². The van der Waals surface area contributed by atoms with Gasteiger partial charge in [-0.15, -0.1) is 11.3 Å². The lowest BCUT2D eigenvalue weighted by molar-refractivity contribution is -0.149. The highest BCUT2D eigenvalue weighted by Crippen LogP contribution is 2.36. The molecule has 4 heterocycles. The van der Waals surface area contributed by atoms with Crippen molar-refractivity contribution in [2.24, 2.45) is 5.92 Å². The van der Waals surface area contributed by atoms with Gasteiger partial charge in [0, 0.05) is 39.3 Å². The number of fused-ring (bicyclic) bond motifs is 1. The smallest absolute Gasteiger partial charge is 0.310 e. The zero-order valence-corrected chi connectivity index (χ0v) is 21.4. The summed E-state index contributed by atoms with van der Waals surface area (Å²) in [4.78, 5) is 42.2. The van der Waals surface area contributed by atoms with Crippen LogP contribution in [0.15, 0.2) is 30.6 Å². The molecule has 2 aliphatic rings. The van der Waals surface area contributed by atoms with Crippen molar-refractivity contribution in [3.05, 3.63) is 46.9 Å². The van der Waals surface area contributed by atoms with Crippen molar-refractivity contribution in [2.75, 3.05) is 55.7 Å². The maximum absolute atomic E-state index is 14.3. The second-order valence-corrected chi connectivity index (χ2v) is 10.2. The number of para-hydroxylation sites is 1. The molecule has 0 bridgehead atoms. The van der Waals surface area contributed by atoms with Crippen LogP contribution in [0.4, 0.5) is 15.9 Å². The number of halogens is 1. The van der Waals surface area contributed by atoms with Crippen molar-refractivity contribution in [1.82, 2.24) is 14.9 Å². The summed E-state index contributed by atoms with van der Waals surface area (Å²) in [6.07, 6.45) is 3.06. The standard InChI is InChI=1S/C26H30FN5O3S/c1-3-35-26(34)18-7-6-10-32(15-18)25(33)22-17(2)21-23(28-16-29-24(21)36-22)31-13-11-30(12-14-31)20-9-5-4-8-19(20)27/h4-5,8-9,16,18H,3,6-7,10-15H2,1-2H3/t18-/m0/s1. The molecule has 190 valence electrons. The molecule has 1 aromatic carbocycles. The lowest BCUT2D eigenvalue weighted by Gasteiger charge is -2.37. The van der Waals surface area contributed by atoms with Crippen LogP contribution < -0.4 is 9.80 Å². The molecule has 1 amide bonds. The van der Waals surface area contributed by atoms with Crippen molar-refractivity contribution in [3.8, 4) is 0 Å². The first-order valence-electron chi connectivity index (χ1n) is 12.4. The SMILES string of the molecule is CCOC(=O)[C@H]1CCCN(C(=O)c2sc3ncnc(N4CCN(c5ccccc5F)CC4)c3c2C)C1. The predicted octanol–water partition coefficient (Wildman–Crippen LogP) is 3.88. The summed E-state index contributed by atoms with van der Waals surface area (Å²) in [7, 11) is 0. The number of amides is 1. The minimum absolute atomic E-state index is 0.0696. The molecule has 2 aromatic heterocycles. The lowest BCUT2D eigenvalue weighted by Crippen LogP contribution is -2.47. The molecule has 0 N–H and O–H groups in total.